The number of hydrogen-bond donors (Lipinski definition) is 1. The van der Waals surface area contributed by atoms with Crippen molar-refractivity contribution in [3.63, 3.8) is 0 Å². The van der Waals surface area contributed by atoms with Crippen LogP contribution in [0.4, 0.5) is 0 Å². The van der Waals surface area contributed by atoms with E-state index in [9.17, 15) is 4.79 Å². The molecule has 1 unspecified atom stereocenters. The summed E-state index contributed by atoms with van der Waals surface area (Å²) in [7, 11) is 0. The van der Waals surface area contributed by atoms with Gasteiger partial charge in [0.15, 0.2) is 0 Å². The standard InChI is InChI=1S/C13H25N3O2.2ClH/c1-11(2)9-15-4-6-16(7-5-15)13(17)12-10-18-8-3-14-12;;/h11-12,14H,3-10H2,1-2H3;2*1H. The molecule has 7 heteroatoms. The molecule has 120 valence electrons. The maximum atomic E-state index is 12.2. The molecular formula is C13H27Cl2N3O2. The van der Waals surface area contributed by atoms with E-state index in [2.05, 4.69) is 24.1 Å². The molecule has 2 saturated heterocycles. The number of rotatable bonds is 3. The molecular weight excluding hydrogens is 301 g/mol. The van der Waals surface area contributed by atoms with E-state index in [1.54, 1.807) is 0 Å². The molecule has 0 aliphatic carbocycles. The number of amides is 1. The topological polar surface area (TPSA) is 44.8 Å². The number of carbonyl (C=O) groups is 1. The predicted octanol–water partition coefficient (Wildman–Crippen LogP) is 0.619. The van der Waals surface area contributed by atoms with E-state index in [4.69, 9.17) is 4.74 Å². The Morgan fingerprint density at radius 2 is 1.90 bits per heavy atom. The van der Waals surface area contributed by atoms with Crippen LogP contribution in [-0.4, -0.2) is 74.2 Å². The van der Waals surface area contributed by atoms with Gasteiger partial charge in [0.1, 0.15) is 6.04 Å². The van der Waals surface area contributed by atoms with Crippen molar-refractivity contribution >= 4 is 30.7 Å². The summed E-state index contributed by atoms with van der Waals surface area (Å²) in [5, 5.41) is 3.23. The lowest BCUT2D eigenvalue weighted by Gasteiger charge is -2.37. The zero-order chi connectivity index (χ0) is 13.0. The van der Waals surface area contributed by atoms with Crippen LogP contribution in [0, 0.1) is 5.92 Å². The molecule has 2 rings (SSSR count). The van der Waals surface area contributed by atoms with Crippen LogP contribution in [-0.2, 0) is 9.53 Å². The lowest BCUT2D eigenvalue weighted by molar-refractivity contribution is -0.138. The molecule has 1 N–H and O–H groups in total. The molecule has 2 heterocycles. The van der Waals surface area contributed by atoms with Gasteiger partial charge in [-0.1, -0.05) is 13.8 Å². The summed E-state index contributed by atoms with van der Waals surface area (Å²) in [6.07, 6.45) is 0. The summed E-state index contributed by atoms with van der Waals surface area (Å²) in [5.41, 5.74) is 0. The van der Waals surface area contributed by atoms with Gasteiger partial charge < -0.3 is 15.0 Å². The minimum absolute atomic E-state index is 0. The van der Waals surface area contributed by atoms with Gasteiger partial charge in [-0.05, 0) is 5.92 Å². The molecule has 0 aromatic heterocycles. The Morgan fingerprint density at radius 3 is 2.40 bits per heavy atom. The monoisotopic (exact) mass is 327 g/mol. The predicted molar refractivity (Wildman–Crippen MR) is 85.0 cm³/mol. The van der Waals surface area contributed by atoms with Crippen LogP contribution >= 0.6 is 24.8 Å². The Bertz CT molecular complexity index is 279. The molecule has 0 bridgehead atoms. The maximum Gasteiger partial charge on any atom is 0.242 e. The van der Waals surface area contributed by atoms with Gasteiger partial charge in [-0.2, -0.15) is 0 Å². The number of nitrogens with one attached hydrogen (secondary N) is 1. The molecule has 2 fully saturated rings. The number of piperazine rings is 1. The second-order valence-corrected chi connectivity index (χ2v) is 5.60. The normalized spacial score (nSPS) is 23.9. The Morgan fingerprint density at radius 1 is 1.25 bits per heavy atom. The fraction of sp³-hybridized carbons (Fsp3) is 0.923. The molecule has 0 radical (unpaired) electrons. The van der Waals surface area contributed by atoms with Crippen molar-refractivity contribution in [2.24, 2.45) is 5.92 Å². The van der Waals surface area contributed by atoms with Crippen molar-refractivity contribution in [1.29, 1.82) is 0 Å². The SMILES string of the molecule is CC(C)CN1CCN(C(=O)C2COCCN2)CC1.Cl.Cl. The minimum atomic E-state index is -0.129. The molecule has 1 amide bonds. The molecule has 20 heavy (non-hydrogen) atoms. The molecule has 1 atom stereocenters. The third kappa shape index (κ3) is 5.74. The van der Waals surface area contributed by atoms with Crippen molar-refractivity contribution < 1.29 is 9.53 Å². The van der Waals surface area contributed by atoms with Crippen LogP contribution in [0.5, 0.6) is 0 Å². The van der Waals surface area contributed by atoms with Crippen LogP contribution < -0.4 is 5.32 Å². The summed E-state index contributed by atoms with van der Waals surface area (Å²) in [4.78, 5) is 16.7. The number of hydrogen-bond acceptors (Lipinski definition) is 4. The lowest BCUT2D eigenvalue weighted by atomic mass is 10.1. The smallest absolute Gasteiger partial charge is 0.242 e. The zero-order valence-corrected chi connectivity index (χ0v) is 14.0. The fourth-order valence-corrected chi connectivity index (χ4v) is 2.61. The number of ether oxygens (including phenoxy) is 1. The highest BCUT2D eigenvalue weighted by molar-refractivity contribution is 5.85. The average Bonchev–Trinajstić information content (AvgIpc) is 2.39. The van der Waals surface area contributed by atoms with E-state index < -0.39 is 0 Å². The van der Waals surface area contributed by atoms with Crippen LogP contribution in [0.15, 0.2) is 0 Å². The van der Waals surface area contributed by atoms with Crippen molar-refractivity contribution in [3.8, 4) is 0 Å². The van der Waals surface area contributed by atoms with Crippen molar-refractivity contribution in [1.82, 2.24) is 15.1 Å². The second kappa shape index (κ2) is 9.79. The molecule has 0 aromatic carbocycles. The van der Waals surface area contributed by atoms with E-state index in [1.807, 2.05) is 4.90 Å². The van der Waals surface area contributed by atoms with Gasteiger partial charge in [0, 0.05) is 39.3 Å². The van der Waals surface area contributed by atoms with E-state index in [-0.39, 0.29) is 36.8 Å². The first-order valence-corrected chi connectivity index (χ1v) is 6.99. The van der Waals surface area contributed by atoms with Gasteiger partial charge in [0.2, 0.25) is 5.91 Å². The van der Waals surface area contributed by atoms with Gasteiger partial charge in [0.25, 0.3) is 0 Å². The molecule has 0 saturated carbocycles. The largest absolute Gasteiger partial charge is 0.378 e. The number of nitrogens with zero attached hydrogens (tertiary/aromatic N) is 2. The molecule has 0 aromatic rings. The van der Waals surface area contributed by atoms with Crippen LogP contribution in [0.1, 0.15) is 13.8 Å². The Balaban J connectivity index is 0.00000180. The lowest BCUT2D eigenvalue weighted by Crippen LogP contribution is -2.57. The average molecular weight is 328 g/mol. The van der Waals surface area contributed by atoms with Crippen LogP contribution in [0.25, 0.3) is 0 Å². The van der Waals surface area contributed by atoms with Gasteiger partial charge in [-0.15, -0.1) is 24.8 Å². The summed E-state index contributed by atoms with van der Waals surface area (Å²) in [6, 6.07) is -0.129. The summed E-state index contributed by atoms with van der Waals surface area (Å²) in [6.45, 7) is 11.3. The maximum absolute atomic E-state index is 12.2. The third-order valence-corrected chi connectivity index (χ3v) is 3.53. The highest BCUT2D eigenvalue weighted by atomic mass is 35.5. The summed E-state index contributed by atoms with van der Waals surface area (Å²) >= 11 is 0. The van der Waals surface area contributed by atoms with Gasteiger partial charge in [-0.25, -0.2) is 0 Å². The Kier molecular flexibility index (Phi) is 9.76. The van der Waals surface area contributed by atoms with Crippen LogP contribution in [0.2, 0.25) is 0 Å². The molecule has 2 aliphatic rings. The first-order chi connectivity index (χ1) is 8.66. The van der Waals surface area contributed by atoms with Gasteiger partial charge in [0.05, 0.1) is 13.2 Å². The molecule has 0 spiro atoms. The summed E-state index contributed by atoms with van der Waals surface area (Å²) < 4.78 is 5.35. The first-order valence-electron chi connectivity index (χ1n) is 6.99. The quantitative estimate of drug-likeness (QED) is 0.825. The van der Waals surface area contributed by atoms with Crippen molar-refractivity contribution in [2.75, 3.05) is 52.5 Å². The first kappa shape index (κ1) is 19.9. The fourth-order valence-electron chi connectivity index (χ4n) is 2.61. The highest BCUT2D eigenvalue weighted by Gasteiger charge is 2.28. The van der Waals surface area contributed by atoms with E-state index in [0.717, 1.165) is 39.3 Å². The van der Waals surface area contributed by atoms with Crippen molar-refractivity contribution in [2.45, 2.75) is 19.9 Å². The second-order valence-electron chi connectivity index (χ2n) is 5.60. The zero-order valence-electron chi connectivity index (χ0n) is 12.3. The third-order valence-electron chi connectivity index (χ3n) is 3.53. The van der Waals surface area contributed by atoms with E-state index >= 15 is 0 Å². The summed E-state index contributed by atoms with van der Waals surface area (Å²) in [5.74, 6) is 0.902. The van der Waals surface area contributed by atoms with Crippen molar-refractivity contribution in [3.05, 3.63) is 0 Å². The number of carbonyl (C=O) groups excluding carboxylic acids is 1. The van der Waals surface area contributed by atoms with Crippen LogP contribution in [0.3, 0.4) is 0 Å². The van der Waals surface area contributed by atoms with E-state index in [0.29, 0.717) is 19.1 Å². The number of halogens is 2. The highest BCUT2D eigenvalue weighted by Crippen LogP contribution is 2.08. The number of morpholine rings is 1. The molecule has 5 nitrogen and oxygen atoms in total. The van der Waals surface area contributed by atoms with Gasteiger partial charge in [-0.3, -0.25) is 9.69 Å². The Labute approximate surface area is 134 Å². The van der Waals surface area contributed by atoms with Gasteiger partial charge >= 0.3 is 0 Å². The molecule has 2 aliphatic heterocycles. The Hall–Kier alpha value is -0.0700. The minimum Gasteiger partial charge on any atom is -0.378 e. The van der Waals surface area contributed by atoms with E-state index in [1.165, 1.54) is 0 Å².